The fourth-order valence-corrected chi connectivity index (χ4v) is 8.73. The van der Waals surface area contributed by atoms with Crippen LogP contribution in [0, 0.1) is 0 Å². The highest BCUT2D eigenvalue weighted by Crippen LogP contribution is 2.48. The lowest BCUT2D eigenvalue weighted by Crippen LogP contribution is -2.28. The number of unbranched alkanes of at least 4 members (excludes halogenated alkanes) is 13. The van der Waals surface area contributed by atoms with Crippen LogP contribution in [0.3, 0.4) is 0 Å². The Bertz CT molecular complexity index is 1580. The summed E-state index contributed by atoms with van der Waals surface area (Å²) in [5, 5.41) is 0. The van der Waals surface area contributed by atoms with E-state index in [1.54, 1.807) is 0 Å². The maximum absolute atomic E-state index is 11.6. The number of esters is 1. The smallest absolute Gasteiger partial charge is 0.305 e. The molecule has 2 heterocycles. The maximum Gasteiger partial charge on any atom is 0.305 e. The van der Waals surface area contributed by atoms with Crippen molar-refractivity contribution in [2.75, 3.05) is 31.2 Å². The third-order valence-electron chi connectivity index (χ3n) is 11.8. The molecule has 55 heavy (non-hydrogen) atoms. The molecule has 0 aromatic heterocycles. The second kappa shape index (κ2) is 22.9. The molecule has 0 amide bonds. The van der Waals surface area contributed by atoms with Crippen LogP contribution in [-0.2, 0) is 29.9 Å². The molecular formula is C49H73N2O4+. The molecule has 2 aromatic carbocycles. The Morgan fingerprint density at radius 3 is 2.00 bits per heavy atom. The number of benzene rings is 2. The monoisotopic (exact) mass is 754 g/mol. The second-order valence-electron chi connectivity index (χ2n) is 16.7. The number of carbonyl (C=O) groups excluding carboxylic acids is 2. The minimum absolute atomic E-state index is 0.0580. The number of carbonyl (C=O) groups is 2. The first-order valence-electron chi connectivity index (χ1n) is 21.9. The average Bonchev–Trinajstić information content (AvgIpc) is 3.52. The van der Waals surface area contributed by atoms with Gasteiger partial charge in [-0.05, 0) is 71.1 Å². The third-order valence-corrected chi connectivity index (χ3v) is 11.8. The highest BCUT2D eigenvalue weighted by Gasteiger charge is 2.44. The van der Waals surface area contributed by atoms with E-state index in [2.05, 4.69) is 104 Å². The summed E-state index contributed by atoms with van der Waals surface area (Å²) >= 11 is 0. The van der Waals surface area contributed by atoms with Crippen molar-refractivity contribution >= 4 is 29.3 Å². The minimum Gasteiger partial charge on any atom is -0.466 e. The van der Waals surface area contributed by atoms with Crippen molar-refractivity contribution in [3.05, 3.63) is 83.6 Å². The van der Waals surface area contributed by atoms with Gasteiger partial charge in [-0.1, -0.05) is 127 Å². The van der Waals surface area contributed by atoms with Crippen molar-refractivity contribution in [2.24, 2.45) is 0 Å². The van der Waals surface area contributed by atoms with Crippen molar-refractivity contribution in [2.45, 2.75) is 168 Å². The molecule has 0 fully saturated rings. The van der Waals surface area contributed by atoms with Crippen LogP contribution in [0.25, 0.3) is 0 Å². The number of rotatable bonds is 27. The van der Waals surface area contributed by atoms with E-state index >= 15 is 0 Å². The molecule has 0 saturated carbocycles. The van der Waals surface area contributed by atoms with Crippen molar-refractivity contribution in [3.63, 3.8) is 0 Å². The van der Waals surface area contributed by atoms with Crippen LogP contribution in [0.2, 0.25) is 0 Å². The van der Waals surface area contributed by atoms with Crippen molar-refractivity contribution in [1.82, 2.24) is 0 Å². The van der Waals surface area contributed by atoms with E-state index in [1.165, 1.54) is 111 Å². The SMILES string of the molecule is CCOC(=O)CCCCCCCCCCN1/C(=C\C=C\C2=[N+](CCCCCCCCCC(C=O)OCC)c3ccccc3C2(C)C)C(C)(C)c2ccccc21. The molecule has 0 radical (unpaired) electrons. The van der Waals surface area contributed by atoms with E-state index in [-0.39, 0.29) is 22.9 Å². The van der Waals surface area contributed by atoms with Gasteiger partial charge in [-0.2, -0.15) is 4.58 Å². The summed E-state index contributed by atoms with van der Waals surface area (Å²) in [4.78, 5) is 25.3. The molecule has 0 bridgehead atoms. The first-order chi connectivity index (χ1) is 26.7. The van der Waals surface area contributed by atoms with Crippen LogP contribution < -0.4 is 4.90 Å². The predicted octanol–water partition coefficient (Wildman–Crippen LogP) is 12.1. The highest BCUT2D eigenvalue weighted by molar-refractivity contribution is 6.03. The number of aldehydes is 1. The normalized spacial score (nSPS) is 16.9. The predicted molar refractivity (Wildman–Crippen MR) is 230 cm³/mol. The molecule has 1 atom stereocenters. The number of ether oxygens (including phenoxy) is 2. The Morgan fingerprint density at radius 1 is 0.727 bits per heavy atom. The lowest BCUT2D eigenvalue weighted by atomic mass is 9.81. The van der Waals surface area contributed by atoms with Crippen LogP contribution in [0.1, 0.15) is 162 Å². The molecule has 0 spiro atoms. The van der Waals surface area contributed by atoms with Gasteiger partial charge in [0.15, 0.2) is 5.71 Å². The molecule has 0 saturated heterocycles. The van der Waals surface area contributed by atoms with Crippen LogP contribution in [0.4, 0.5) is 11.4 Å². The zero-order valence-electron chi connectivity index (χ0n) is 35.4. The zero-order chi connectivity index (χ0) is 39.5. The third kappa shape index (κ3) is 12.5. The number of nitrogens with zero attached hydrogens (tertiary/aromatic N) is 2. The molecule has 0 aliphatic carbocycles. The second-order valence-corrected chi connectivity index (χ2v) is 16.7. The van der Waals surface area contributed by atoms with E-state index < -0.39 is 0 Å². The van der Waals surface area contributed by atoms with E-state index in [9.17, 15) is 9.59 Å². The van der Waals surface area contributed by atoms with Crippen LogP contribution in [0.5, 0.6) is 0 Å². The molecule has 4 rings (SSSR count). The van der Waals surface area contributed by atoms with Gasteiger partial charge in [0.25, 0.3) is 0 Å². The zero-order valence-corrected chi connectivity index (χ0v) is 35.4. The number of hydrogen-bond acceptors (Lipinski definition) is 5. The topological polar surface area (TPSA) is 58.8 Å². The van der Waals surface area contributed by atoms with E-state index in [4.69, 9.17) is 9.47 Å². The number of fused-ring (bicyclic) bond motifs is 2. The summed E-state index contributed by atoms with van der Waals surface area (Å²) < 4.78 is 13.1. The van der Waals surface area contributed by atoms with E-state index in [1.807, 2.05) is 13.8 Å². The summed E-state index contributed by atoms with van der Waals surface area (Å²) in [5.74, 6) is -0.0580. The molecule has 2 aliphatic heterocycles. The maximum atomic E-state index is 11.6. The van der Waals surface area contributed by atoms with Gasteiger partial charge in [-0.25, -0.2) is 0 Å². The quantitative estimate of drug-likeness (QED) is 0.0393. The van der Waals surface area contributed by atoms with Crippen LogP contribution in [-0.4, -0.2) is 54.9 Å². The average molecular weight is 754 g/mol. The van der Waals surface area contributed by atoms with Crippen molar-refractivity contribution in [3.8, 4) is 0 Å². The van der Waals surface area contributed by atoms with E-state index in [0.29, 0.717) is 19.6 Å². The summed E-state index contributed by atoms with van der Waals surface area (Å²) in [6.45, 7) is 16.5. The summed E-state index contributed by atoms with van der Waals surface area (Å²) in [6, 6.07) is 18.0. The summed E-state index contributed by atoms with van der Waals surface area (Å²) in [6.07, 6.45) is 27.0. The fraction of sp³-hybridized carbons (Fsp3) is 0.612. The van der Waals surface area contributed by atoms with Gasteiger partial charge < -0.3 is 19.2 Å². The van der Waals surface area contributed by atoms with Gasteiger partial charge in [0, 0.05) is 60.5 Å². The Morgan fingerprint density at radius 2 is 1.33 bits per heavy atom. The molecule has 2 aliphatic rings. The molecule has 2 aromatic rings. The summed E-state index contributed by atoms with van der Waals surface area (Å²) in [5.41, 5.74) is 8.16. The standard InChI is InChI=1S/C49H73N2O4/c1-7-54-40(39-52)29-20-16-12-11-15-19-27-38-51-44-33-25-23-31-42(44)49(5,6)46(51)35-28-34-45-48(3,4)41-30-22-24-32-43(41)50(45)37-26-18-14-10-9-13-17-21-36-47(53)55-8-2/h22-25,28,30-35,39-40H,7-21,26-27,29,36-38H2,1-6H3/q+1. The number of para-hydroxylation sites is 2. The number of hydrogen-bond donors (Lipinski definition) is 0. The summed E-state index contributed by atoms with van der Waals surface area (Å²) in [7, 11) is 0. The first-order valence-corrected chi connectivity index (χ1v) is 21.9. The van der Waals surface area contributed by atoms with Gasteiger partial charge >= 0.3 is 5.97 Å². The largest absolute Gasteiger partial charge is 0.466 e. The Kier molecular flexibility index (Phi) is 18.4. The van der Waals surface area contributed by atoms with Gasteiger partial charge in [0.2, 0.25) is 5.69 Å². The van der Waals surface area contributed by atoms with Gasteiger partial charge in [0.1, 0.15) is 18.9 Å². The van der Waals surface area contributed by atoms with Gasteiger partial charge in [-0.3, -0.25) is 4.79 Å². The van der Waals surface area contributed by atoms with E-state index in [0.717, 1.165) is 45.1 Å². The fourth-order valence-electron chi connectivity index (χ4n) is 8.73. The first kappa shape index (κ1) is 44.2. The lowest BCUT2D eigenvalue weighted by Gasteiger charge is -2.27. The van der Waals surface area contributed by atoms with Crippen molar-refractivity contribution in [1.29, 1.82) is 0 Å². The molecule has 0 N–H and O–H groups in total. The Balaban J connectivity index is 1.35. The van der Waals surface area contributed by atoms with Gasteiger partial charge in [-0.15, -0.1) is 0 Å². The number of anilines is 1. The van der Waals surface area contributed by atoms with Crippen LogP contribution in [0.15, 0.2) is 72.5 Å². The van der Waals surface area contributed by atoms with Gasteiger partial charge in [0.05, 0.1) is 12.0 Å². The Labute approximate surface area is 334 Å². The number of allylic oxidation sites excluding steroid dienone is 4. The molecule has 6 heteroatoms. The highest BCUT2D eigenvalue weighted by atomic mass is 16.5. The Hall–Kier alpha value is -3.51. The molecule has 1 unspecified atom stereocenters. The molecular weight excluding hydrogens is 681 g/mol. The molecule has 302 valence electrons. The van der Waals surface area contributed by atoms with Crippen LogP contribution >= 0.6 is 0 Å². The lowest BCUT2D eigenvalue weighted by molar-refractivity contribution is -0.438. The minimum atomic E-state index is -0.229. The van der Waals surface area contributed by atoms with Crippen molar-refractivity contribution < 1.29 is 23.6 Å². The molecule has 6 nitrogen and oxygen atoms in total.